The maximum atomic E-state index is 11.6. The van der Waals surface area contributed by atoms with Crippen molar-refractivity contribution in [3.63, 3.8) is 0 Å². The van der Waals surface area contributed by atoms with Gasteiger partial charge in [-0.2, -0.15) is 0 Å². The van der Waals surface area contributed by atoms with Gasteiger partial charge in [-0.1, -0.05) is 31.5 Å². The van der Waals surface area contributed by atoms with E-state index in [0.717, 1.165) is 37.9 Å². The fraction of sp³-hybridized carbons (Fsp3) is 0.500. The molecule has 0 bridgehead atoms. The molecule has 0 radical (unpaired) electrons. The van der Waals surface area contributed by atoms with E-state index in [0.29, 0.717) is 6.54 Å². The summed E-state index contributed by atoms with van der Waals surface area (Å²) in [6, 6.07) is 7.89. The molecule has 0 fully saturated rings. The number of carbonyl (C=O) groups excluding carboxylic acids is 1. The molecule has 1 aromatic carbocycles. The van der Waals surface area contributed by atoms with Gasteiger partial charge in [0, 0.05) is 13.1 Å². The topological polar surface area (TPSA) is 49.6 Å². The summed E-state index contributed by atoms with van der Waals surface area (Å²) < 4.78 is 0. The summed E-state index contributed by atoms with van der Waals surface area (Å²) in [7, 11) is 0. The highest BCUT2D eigenvalue weighted by molar-refractivity contribution is 5.75. The Balaban J connectivity index is 2.23. The highest BCUT2D eigenvalue weighted by Gasteiger charge is 2.23. The lowest BCUT2D eigenvalue weighted by atomic mass is 10.0. The van der Waals surface area contributed by atoms with E-state index < -0.39 is 0 Å². The summed E-state index contributed by atoms with van der Waals surface area (Å²) in [4.78, 5) is 11.6. The number of hydrogen-bond acceptors (Lipinski definition) is 2. The number of benzene rings is 1. The molecule has 0 saturated heterocycles. The number of primary amides is 1. The number of urea groups is 1. The zero-order valence-electron chi connectivity index (χ0n) is 10.9. The van der Waals surface area contributed by atoms with Crippen LogP contribution in [0.3, 0.4) is 0 Å². The Kier molecular flexibility index (Phi) is 4.07. The minimum atomic E-state index is -0.361. The van der Waals surface area contributed by atoms with Crippen molar-refractivity contribution in [2.24, 2.45) is 5.73 Å². The number of fused-ring (bicyclic) bond motifs is 1. The second-order valence-corrected chi connectivity index (χ2v) is 4.67. The van der Waals surface area contributed by atoms with Crippen molar-refractivity contribution in [3.05, 3.63) is 29.8 Å². The molecular formula is C14H21N3O. The molecule has 18 heavy (non-hydrogen) atoms. The van der Waals surface area contributed by atoms with Crippen molar-refractivity contribution in [3.8, 4) is 0 Å². The van der Waals surface area contributed by atoms with Crippen molar-refractivity contribution in [2.45, 2.75) is 32.6 Å². The van der Waals surface area contributed by atoms with E-state index >= 15 is 0 Å². The molecule has 0 spiro atoms. The van der Waals surface area contributed by atoms with E-state index in [2.05, 4.69) is 19.1 Å². The van der Waals surface area contributed by atoms with E-state index in [1.807, 2.05) is 17.1 Å². The van der Waals surface area contributed by atoms with Gasteiger partial charge in [0.2, 0.25) is 0 Å². The Morgan fingerprint density at radius 3 is 2.94 bits per heavy atom. The molecule has 0 saturated carbocycles. The molecule has 0 unspecified atom stereocenters. The molecule has 2 N–H and O–H groups in total. The van der Waals surface area contributed by atoms with Gasteiger partial charge in [-0.25, -0.2) is 9.80 Å². The number of hydrogen-bond donors (Lipinski definition) is 1. The molecule has 4 nitrogen and oxygen atoms in total. The van der Waals surface area contributed by atoms with Gasteiger partial charge in [0.05, 0.1) is 5.69 Å². The quantitative estimate of drug-likeness (QED) is 0.888. The fourth-order valence-electron chi connectivity index (χ4n) is 2.42. The van der Waals surface area contributed by atoms with Crippen LogP contribution in [0.25, 0.3) is 0 Å². The molecule has 2 rings (SSSR count). The Labute approximate surface area is 108 Å². The first-order chi connectivity index (χ1) is 8.74. The minimum absolute atomic E-state index is 0.361. The lowest BCUT2D eigenvalue weighted by Crippen LogP contribution is -2.51. The number of carbonyl (C=O) groups is 1. The van der Waals surface area contributed by atoms with E-state index in [9.17, 15) is 4.79 Å². The van der Waals surface area contributed by atoms with Gasteiger partial charge in [0.1, 0.15) is 0 Å². The summed E-state index contributed by atoms with van der Waals surface area (Å²) in [5, 5.41) is 3.72. The number of unbranched alkanes of at least 4 members (excludes halogenated alkanes) is 1. The van der Waals surface area contributed by atoms with Gasteiger partial charge >= 0.3 is 6.03 Å². The predicted molar refractivity (Wildman–Crippen MR) is 73.3 cm³/mol. The number of anilines is 1. The van der Waals surface area contributed by atoms with Crippen LogP contribution in [0.2, 0.25) is 0 Å². The summed E-state index contributed by atoms with van der Waals surface area (Å²) in [5.74, 6) is 0. The molecule has 98 valence electrons. The average Bonchev–Trinajstić information content (AvgIpc) is 2.39. The third kappa shape index (κ3) is 2.58. The summed E-state index contributed by atoms with van der Waals surface area (Å²) in [5.41, 5.74) is 7.93. The number of rotatable bonds is 4. The summed E-state index contributed by atoms with van der Waals surface area (Å²) in [6.07, 6.45) is 4.17. The van der Waals surface area contributed by atoms with Crippen molar-refractivity contribution < 1.29 is 4.79 Å². The van der Waals surface area contributed by atoms with Crippen LogP contribution in [0.5, 0.6) is 0 Å². The zero-order valence-corrected chi connectivity index (χ0v) is 10.9. The Hall–Kier alpha value is -1.71. The van der Waals surface area contributed by atoms with E-state index in [1.165, 1.54) is 5.56 Å². The standard InChI is InChI=1S/C14H21N3O/c1-2-3-10-17(14(15)18)16-11-6-8-12-7-4-5-9-13(12)16/h4-5,7,9H,2-3,6,8,10-11H2,1H3,(H2,15,18). The maximum Gasteiger partial charge on any atom is 0.333 e. The first kappa shape index (κ1) is 12.7. The number of nitrogens with two attached hydrogens (primary N) is 1. The number of nitrogens with zero attached hydrogens (tertiary/aromatic N) is 2. The van der Waals surface area contributed by atoms with Gasteiger partial charge in [0.15, 0.2) is 0 Å². The lowest BCUT2D eigenvalue weighted by molar-refractivity contribution is 0.198. The number of para-hydroxylation sites is 1. The summed E-state index contributed by atoms with van der Waals surface area (Å²) >= 11 is 0. The monoisotopic (exact) mass is 247 g/mol. The zero-order chi connectivity index (χ0) is 13.0. The lowest BCUT2D eigenvalue weighted by Gasteiger charge is -2.39. The molecule has 1 aromatic rings. The predicted octanol–water partition coefficient (Wildman–Crippen LogP) is 2.54. The van der Waals surface area contributed by atoms with Gasteiger partial charge in [-0.3, -0.25) is 5.01 Å². The van der Waals surface area contributed by atoms with Crippen LogP contribution in [0.4, 0.5) is 10.5 Å². The van der Waals surface area contributed by atoms with Crippen LogP contribution >= 0.6 is 0 Å². The first-order valence-electron chi connectivity index (χ1n) is 6.66. The van der Waals surface area contributed by atoms with Gasteiger partial charge < -0.3 is 5.73 Å². The maximum absolute atomic E-state index is 11.6. The summed E-state index contributed by atoms with van der Waals surface area (Å²) in [6.45, 7) is 3.67. The fourth-order valence-corrected chi connectivity index (χ4v) is 2.42. The van der Waals surface area contributed by atoms with E-state index in [4.69, 9.17) is 5.73 Å². The van der Waals surface area contributed by atoms with Gasteiger partial charge in [-0.05, 0) is 30.9 Å². The van der Waals surface area contributed by atoms with Crippen LogP contribution in [-0.2, 0) is 6.42 Å². The molecule has 1 heterocycles. The second-order valence-electron chi connectivity index (χ2n) is 4.67. The van der Waals surface area contributed by atoms with Gasteiger partial charge in [0.25, 0.3) is 0 Å². The number of aryl methyl sites for hydroxylation is 1. The van der Waals surface area contributed by atoms with Crippen LogP contribution in [0, 0.1) is 0 Å². The Bertz CT molecular complexity index is 419. The minimum Gasteiger partial charge on any atom is -0.350 e. The largest absolute Gasteiger partial charge is 0.350 e. The second kappa shape index (κ2) is 5.76. The van der Waals surface area contributed by atoms with Crippen LogP contribution in [0.1, 0.15) is 31.7 Å². The Morgan fingerprint density at radius 2 is 2.22 bits per heavy atom. The smallest absolute Gasteiger partial charge is 0.333 e. The van der Waals surface area contributed by atoms with Crippen LogP contribution < -0.4 is 10.7 Å². The van der Waals surface area contributed by atoms with Crippen LogP contribution in [-0.4, -0.2) is 24.1 Å². The average molecular weight is 247 g/mol. The molecule has 2 amide bonds. The molecule has 1 aliphatic rings. The third-order valence-electron chi connectivity index (χ3n) is 3.36. The van der Waals surface area contributed by atoms with Crippen molar-refractivity contribution >= 4 is 11.7 Å². The van der Waals surface area contributed by atoms with Crippen molar-refractivity contribution in [2.75, 3.05) is 18.1 Å². The molecule has 1 aliphatic heterocycles. The Morgan fingerprint density at radius 1 is 1.44 bits per heavy atom. The molecule has 0 aliphatic carbocycles. The van der Waals surface area contributed by atoms with Crippen molar-refractivity contribution in [1.29, 1.82) is 0 Å². The van der Waals surface area contributed by atoms with E-state index in [-0.39, 0.29) is 6.03 Å². The highest BCUT2D eigenvalue weighted by atomic mass is 16.2. The highest BCUT2D eigenvalue weighted by Crippen LogP contribution is 2.28. The normalized spacial score (nSPS) is 14.2. The first-order valence-corrected chi connectivity index (χ1v) is 6.66. The number of amides is 2. The van der Waals surface area contributed by atoms with E-state index in [1.54, 1.807) is 5.01 Å². The van der Waals surface area contributed by atoms with Gasteiger partial charge in [-0.15, -0.1) is 0 Å². The molecule has 0 atom stereocenters. The number of hydrazine groups is 1. The SMILES string of the molecule is CCCCN(C(N)=O)N1CCCc2ccccc21. The molecule has 4 heteroatoms. The molecule has 0 aromatic heterocycles. The third-order valence-corrected chi connectivity index (χ3v) is 3.36. The van der Waals surface area contributed by atoms with Crippen LogP contribution in [0.15, 0.2) is 24.3 Å². The molecular weight excluding hydrogens is 226 g/mol. The van der Waals surface area contributed by atoms with Crippen molar-refractivity contribution in [1.82, 2.24) is 5.01 Å².